The number of benzene rings is 3. The molecule has 1 aliphatic heterocycles. The lowest BCUT2D eigenvalue weighted by Crippen LogP contribution is -2.30. The van der Waals surface area contributed by atoms with E-state index < -0.39 is 5.97 Å². The summed E-state index contributed by atoms with van der Waals surface area (Å²) in [5, 5.41) is 9.26. The number of carbonyl (C=O) groups is 1. The average molecular weight is 410 g/mol. The highest BCUT2D eigenvalue weighted by Crippen LogP contribution is 2.38. The van der Waals surface area contributed by atoms with Crippen molar-refractivity contribution in [3.8, 4) is 0 Å². The Balaban J connectivity index is 1.42. The molecule has 0 unspecified atom stereocenters. The van der Waals surface area contributed by atoms with Crippen LogP contribution in [-0.2, 0) is 19.4 Å². The molecule has 0 spiro atoms. The van der Waals surface area contributed by atoms with Crippen molar-refractivity contribution in [3.63, 3.8) is 0 Å². The zero-order valence-corrected chi connectivity index (χ0v) is 17.7. The quantitative estimate of drug-likeness (QED) is 0.614. The van der Waals surface area contributed by atoms with Crippen LogP contribution in [0.15, 0.2) is 78.4 Å². The zero-order valence-electron chi connectivity index (χ0n) is 17.7. The number of rotatable bonds is 3. The van der Waals surface area contributed by atoms with Crippen molar-refractivity contribution in [3.05, 3.63) is 112 Å². The molecule has 3 nitrogen and oxygen atoms in total. The summed E-state index contributed by atoms with van der Waals surface area (Å²) < 4.78 is 0. The number of likely N-dealkylation sites (tertiary alicyclic amines) is 1. The molecular weight excluding hydrogens is 382 g/mol. The molecule has 0 amide bonds. The van der Waals surface area contributed by atoms with Gasteiger partial charge in [0.15, 0.2) is 0 Å². The standard InChI is InChI=1S/C28H27NO2/c30-28(31)24-9-5-6-20(18-24)19-29-16-14-23(15-17-29)27-25-10-3-1-7-21(25)12-13-22-8-2-4-11-26(22)27/h1-11,18H,12-17,19H2,(H,30,31). The van der Waals surface area contributed by atoms with Crippen molar-refractivity contribution >= 4 is 11.5 Å². The number of piperidine rings is 1. The van der Waals surface area contributed by atoms with Gasteiger partial charge in [0.25, 0.3) is 0 Å². The van der Waals surface area contributed by atoms with Crippen LogP contribution in [0.5, 0.6) is 0 Å². The van der Waals surface area contributed by atoms with Crippen LogP contribution < -0.4 is 0 Å². The van der Waals surface area contributed by atoms with Crippen molar-refractivity contribution in [2.24, 2.45) is 0 Å². The summed E-state index contributed by atoms with van der Waals surface area (Å²) in [6, 6.07) is 25.1. The van der Waals surface area contributed by atoms with Crippen LogP contribution in [0.25, 0.3) is 5.57 Å². The second-order valence-corrected chi connectivity index (χ2v) is 8.57. The number of aryl methyl sites for hydroxylation is 2. The molecule has 3 aromatic carbocycles. The Kier molecular flexibility index (Phi) is 5.44. The van der Waals surface area contributed by atoms with Gasteiger partial charge < -0.3 is 5.11 Å². The fourth-order valence-corrected chi connectivity index (χ4v) is 5.05. The van der Waals surface area contributed by atoms with Crippen molar-refractivity contribution < 1.29 is 9.90 Å². The predicted molar refractivity (Wildman–Crippen MR) is 124 cm³/mol. The Morgan fingerprint density at radius 1 is 0.774 bits per heavy atom. The van der Waals surface area contributed by atoms with Crippen molar-refractivity contribution in [1.29, 1.82) is 0 Å². The Bertz CT molecular complexity index is 1100. The van der Waals surface area contributed by atoms with Gasteiger partial charge in [0.05, 0.1) is 5.56 Å². The van der Waals surface area contributed by atoms with E-state index in [0.717, 1.165) is 50.9 Å². The molecule has 1 fully saturated rings. The first-order chi connectivity index (χ1) is 15.2. The molecular formula is C28H27NO2. The smallest absolute Gasteiger partial charge is 0.335 e. The van der Waals surface area contributed by atoms with Gasteiger partial charge in [-0.3, -0.25) is 4.90 Å². The highest BCUT2D eigenvalue weighted by molar-refractivity contribution is 5.88. The summed E-state index contributed by atoms with van der Waals surface area (Å²) in [7, 11) is 0. The summed E-state index contributed by atoms with van der Waals surface area (Å²) in [6.07, 6.45) is 4.29. The summed E-state index contributed by atoms with van der Waals surface area (Å²) in [6.45, 7) is 2.80. The third-order valence-corrected chi connectivity index (χ3v) is 6.63. The van der Waals surface area contributed by atoms with E-state index in [1.54, 1.807) is 17.7 Å². The Morgan fingerprint density at radius 2 is 1.39 bits per heavy atom. The van der Waals surface area contributed by atoms with Gasteiger partial charge in [-0.15, -0.1) is 0 Å². The van der Waals surface area contributed by atoms with Crippen LogP contribution in [0, 0.1) is 0 Å². The topological polar surface area (TPSA) is 40.5 Å². The number of carboxylic acid groups (broad SMARTS) is 1. The van der Waals surface area contributed by atoms with Gasteiger partial charge in [-0.2, -0.15) is 0 Å². The lowest BCUT2D eigenvalue weighted by atomic mass is 9.86. The van der Waals surface area contributed by atoms with Gasteiger partial charge in [-0.25, -0.2) is 4.79 Å². The zero-order chi connectivity index (χ0) is 21.2. The first-order valence-electron chi connectivity index (χ1n) is 11.1. The fourth-order valence-electron chi connectivity index (χ4n) is 5.05. The summed E-state index contributed by atoms with van der Waals surface area (Å²) in [5.41, 5.74) is 10.2. The molecule has 2 aliphatic rings. The first-order valence-corrected chi connectivity index (χ1v) is 11.1. The molecule has 0 bridgehead atoms. The number of hydrogen-bond donors (Lipinski definition) is 1. The van der Waals surface area contributed by atoms with Gasteiger partial charge in [0.2, 0.25) is 0 Å². The van der Waals surface area contributed by atoms with E-state index in [4.69, 9.17) is 0 Å². The third kappa shape index (κ3) is 4.06. The average Bonchev–Trinajstić information content (AvgIpc) is 2.97. The van der Waals surface area contributed by atoms with Gasteiger partial charge >= 0.3 is 5.97 Å². The van der Waals surface area contributed by atoms with E-state index in [2.05, 4.69) is 53.4 Å². The Morgan fingerprint density at radius 3 is 2.00 bits per heavy atom. The van der Waals surface area contributed by atoms with Crippen LogP contribution in [0.1, 0.15) is 51.0 Å². The van der Waals surface area contributed by atoms with E-state index >= 15 is 0 Å². The monoisotopic (exact) mass is 409 g/mol. The Hall–Kier alpha value is -3.17. The maximum absolute atomic E-state index is 11.3. The molecule has 1 aliphatic carbocycles. The SMILES string of the molecule is O=C(O)c1cccc(CN2CCC(=C3c4ccccc4CCc4ccccc43)CC2)c1. The van der Waals surface area contributed by atoms with Crippen LogP contribution in [0.3, 0.4) is 0 Å². The van der Waals surface area contributed by atoms with Crippen LogP contribution in [-0.4, -0.2) is 29.1 Å². The molecule has 0 radical (unpaired) electrons. The molecule has 0 aromatic heterocycles. The van der Waals surface area contributed by atoms with Crippen LogP contribution >= 0.6 is 0 Å². The largest absolute Gasteiger partial charge is 0.478 e. The summed E-state index contributed by atoms with van der Waals surface area (Å²) >= 11 is 0. The molecule has 3 heteroatoms. The van der Waals surface area contributed by atoms with Crippen molar-refractivity contribution in [2.45, 2.75) is 32.2 Å². The van der Waals surface area contributed by atoms with E-state index in [0.29, 0.717) is 5.56 Å². The molecule has 5 rings (SSSR count). The minimum atomic E-state index is -0.863. The molecule has 1 N–H and O–H groups in total. The highest BCUT2D eigenvalue weighted by Gasteiger charge is 2.23. The maximum Gasteiger partial charge on any atom is 0.335 e. The summed E-state index contributed by atoms with van der Waals surface area (Å²) in [5.74, 6) is -0.863. The number of carboxylic acids is 1. The molecule has 31 heavy (non-hydrogen) atoms. The minimum Gasteiger partial charge on any atom is -0.478 e. The van der Waals surface area contributed by atoms with E-state index in [1.165, 1.54) is 27.8 Å². The van der Waals surface area contributed by atoms with E-state index in [9.17, 15) is 9.90 Å². The molecule has 3 aromatic rings. The van der Waals surface area contributed by atoms with Crippen LogP contribution in [0.2, 0.25) is 0 Å². The lowest BCUT2D eigenvalue weighted by Gasteiger charge is -2.30. The molecule has 156 valence electrons. The summed E-state index contributed by atoms with van der Waals surface area (Å²) in [4.78, 5) is 13.7. The number of nitrogens with zero attached hydrogens (tertiary/aromatic N) is 1. The van der Waals surface area contributed by atoms with Gasteiger partial charge in [-0.1, -0.05) is 66.2 Å². The first kappa shape index (κ1) is 19.8. The number of aromatic carboxylic acids is 1. The normalized spacial score (nSPS) is 16.4. The van der Waals surface area contributed by atoms with E-state index in [1.807, 2.05) is 12.1 Å². The molecule has 0 atom stereocenters. The van der Waals surface area contributed by atoms with Gasteiger partial charge in [0, 0.05) is 19.6 Å². The van der Waals surface area contributed by atoms with Crippen molar-refractivity contribution in [1.82, 2.24) is 4.90 Å². The highest BCUT2D eigenvalue weighted by atomic mass is 16.4. The fraction of sp³-hybridized carbons (Fsp3) is 0.250. The maximum atomic E-state index is 11.3. The molecule has 1 heterocycles. The molecule has 1 saturated heterocycles. The molecule has 0 saturated carbocycles. The number of hydrogen-bond acceptors (Lipinski definition) is 2. The van der Waals surface area contributed by atoms with Gasteiger partial charge in [-0.05, 0) is 71.2 Å². The van der Waals surface area contributed by atoms with Crippen LogP contribution in [0.4, 0.5) is 0 Å². The number of fused-ring (bicyclic) bond motifs is 2. The third-order valence-electron chi connectivity index (χ3n) is 6.63. The predicted octanol–water partition coefficient (Wildman–Crippen LogP) is 5.58. The second kappa shape index (κ2) is 8.52. The van der Waals surface area contributed by atoms with Gasteiger partial charge in [0.1, 0.15) is 0 Å². The van der Waals surface area contributed by atoms with E-state index in [-0.39, 0.29) is 0 Å². The minimum absolute atomic E-state index is 0.365. The lowest BCUT2D eigenvalue weighted by molar-refractivity contribution is 0.0696. The second-order valence-electron chi connectivity index (χ2n) is 8.57. The Labute approximate surface area is 183 Å². The van der Waals surface area contributed by atoms with Crippen molar-refractivity contribution in [2.75, 3.05) is 13.1 Å².